The summed E-state index contributed by atoms with van der Waals surface area (Å²) in [6, 6.07) is 2.48. The van der Waals surface area contributed by atoms with Gasteiger partial charge in [0.05, 0.1) is 0 Å². The largest absolute Gasteiger partial charge is 0.477 e. The molecule has 114 valence electrons. The van der Waals surface area contributed by atoms with E-state index < -0.39 is 16.0 Å². The van der Waals surface area contributed by atoms with E-state index in [9.17, 15) is 13.2 Å². The predicted octanol–water partition coefficient (Wildman–Crippen LogP) is 2.94. The van der Waals surface area contributed by atoms with Crippen molar-refractivity contribution in [3.63, 3.8) is 0 Å². The van der Waals surface area contributed by atoms with Crippen LogP contribution in [0.1, 0.15) is 49.7 Å². The van der Waals surface area contributed by atoms with Crippen LogP contribution in [0.25, 0.3) is 0 Å². The van der Waals surface area contributed by atoms with Crippen LogP contribution in [-0.2, 0) is 10.0 Å². The minimum atomic E-state index is -3.62. The molecule has 0 radical (unpaired) electrons. The highest BCUT2D eigenvalue weighted by Crippen LogP contribution is 2.22. The number of hydrogen-bond acceptors (Lipinski definition) is 4. The summed E-state index contributed by atoms with van der Waals surface area (Å²) in [6.07, 6.45) is 2.80. The molecule has 0 fully saturated rings. The van der Waals surface area contributed by atoms with Crippen LogP contribution in [-0.4, -0.2) is 25.5 Å². The number of rotatable bonds is 8. The summed E-state index contributed by atoms with van der Waals surface area (Å²) < 4.78 is 26.8. The Hall–Kier alpha value is -0.920. The first-order valence-electron chi connectivity index (χ1n) is 6.58. The Morgan fingerprint density at radius 3 is 2.45 bits per heavy atom. The van der Waals surface area contributed by atoms with Gasteiger partial charge in [0.25, 0.3) is 0 Å². The lowest BCUT2D eigenvalue weighted by Gasteiger charge is -2.13. The van der Waals surface area contributed by atoms with Crippen LogP contribution in [0.15, 0.2) is 16.3 Å². The molecule has 1 unspecified atom stereocenters. The summed E-state index contributed by atoms with van der Waals surface area (Å²) in [4.78, 5) is 10.8. The number of hydrogen-bond donors (Lipinski definition) is 2. The maximum Gasteiger partial charge on any atom is 0.345 e. The monoisotopic (exact) mass is 319 g/mol. The molecule has 0 saturated heterocycles. The van der Waals surface area contributed by atoms with E-state index in [0.717, 1.165) is 30.6 Å². The molecule has 1 aromatic rings. The second-order valence-corrected chi connectivity index (χ2v) is 8.30. The van der Waals surface area contributed by atoms with Gasteiger partial charge in [0.1, 0.15) is 9.09 Å². The zero-order valence-electron chi connectivity index (χ0n) is 11.9. The van der Waals surface area contributed by atoms with Crippen LogP contribution in [0.2, 0.25) is 0 Å². The summed E-state index contributed by atoms with van der Waals surface area (Å²) in [5.41, 5.74) is 0. The van der Waals surface area contributed by atoms with E-state index in [1.165, 1.54) is 12.1 Å². The van der Waals surface area contributed by atoms with Crippen molar-refractivity contribution >= 4 is 27.3 Å². The number of thiophene rings is 1. The fraction of sp³-hybridized carbons (Fsp3) is 0.615. The van der Waals surface area contributed by atoms with Gasteiger partial charge >= 0.3 is 5.97 Å². The lowest BCUT2D eigenvalue weighted by molar-refractivity contribution is 0.0702. The van der Waals surface area contributed by atoms with E-state index in [0.29, 0.717) is 5.92 Å². The third-order valence-electron chi connectivity index (χ3n) is 2.83. The number of carboxylic acids is 1. The van der Waals surface area contributed by atoms with E-state index in [1.54, 1.807) is 0 Å². The van der Waals surface area contributed by atoms with Crippen molar-refractivity contribution in [2.24, 2.45) is 5.92 Å². The molecule has 20 heavy (non-hydrogen) atoms. The molecule has 1 rings (SSSR count). The normalized spacial score (nSPS) is 13.6. The number of sulfonamides is 1. The Morgan fingerprint density at radius 1 is 1.30 bits per heavy atom. The highest BCUT2D eigenvalue weighted by Gasteiger charge is 2.21. The Morgan fingerprint density at radius 2 is 1.95 bits per heavy atom. The molecule has 0 aliphatic rings. The Labute approximate surface area is 124 Å². The van der Waals surface area contributed by atoms with Gasteiger partial charge in [-0.15, -0.1) is 11.3 Å². The van der Waals surface area contributed by atoms with Gasteiger partial charge in [-0.25, -0.2) is 17.9 Å². The van der Waals surface area contributed by atoms with E-state index >= 15 is 0 Å². The van der Waals surface area contributed by atoms with Gasteiger partial charge in [-0.05, 0) is 31.4 Å². The van der Waals surface area contributed by atoms with Gasteiger partial charge in [-0.1, -0.05) is 26.7 Å². The third-order valence-corrected chi connectivity index (χ3v) is 5.99. The Bertz CT molecular complexity index is 548. The average molecular weight is 319 g/mol. The third kappa shape index (κ3) is 5.22. The smallest absolute Gasteiger partial charge is 0.345 e. The molecule has 0 aromatic carbocycles. The minimum absolute atomic E-state index is 0.0258. The fourth-order valence-corrected chi connectivity index (χ4v) is 4.23. The number of carbonyl (C=O) groups is 1. The molecule has 1 atom stereocenters. The maximum atomic E-state index is 12.1. The van der Waals surface area contributed by atoms with Gasteiger partial charge in [-0.2, -0.15) is 0 Å². The lowest BCUT2D eigenvalue weighted by Crippen LogP contribution is -2.32. The van der Waals surface area contributed by atoms with Gasteiger partial charge in [-0.3, -0.25) is 0 Å². The van der Waals surface area contributed by atoms with Crippen LogP contribution in [0.3, 0.4) is 0 Å². The van der Waals surface area contributed by atoms with Crippen LogP contribution in [0.5, 0.6) is 0 Å². The summed E-state index contributed by atoms with van der Waals surface area (Å²) in [5, 5.41) is 8.81. The fourth-order valence-electron chi connectivity index (χ4n) is 1.79. The zero-order valence-corrected chi connectivity index (χ0v) is 13.6. The number of aromatic carboxylic acids is 1. The van der Waals surface area contributed by atoms with Gasteiger partial charge in [0, 0.05) is 6.04 Å². The lowest BCUT2D eigenvalue weighted by atomic mass is 10.0. The van der Waals surface area contributed by atoms with E-state index in [1.807, 2.05) is 6.92 Å². The predicted molar refractivity (Wildman–Crippen MR) is 79.8 cm³/mol. The quantitative estimate of drug-likeness (QED) is 0.771. The zero-order chi connectivity index (χ0) is 15.3. The van der Waals surface area contributed by atoms with Crippen LogP contribution in [0.4, 0.5) is 0 Å². The number of nitrogens with one attached hydrogen (secondary N) is 1. The van der Waals surface area contributed by atoms with Gasteiger partial charge in [0.15, 0.2) is 0 Å². The first-order chi connectivity index (χ1) is 9.22. The molecular formula is C13H21NO4S2. The minimum Gasteiger partial charge on any atom is -0.477 e. The first-order valence-corrected chi connectivity index (χ1v) is 8.88. The SMILES string of the molecule is CC(C)CCCC(C)NS(=O)(=O)c1ccc(C(=O)O)s1. The van der Waals surface area contributed by atoms with E-state index in [2.05, 4.69) is 18.6 Å². The molecule has 2 N–H and O–H groups in total. The van der Waals surface area contributed by atoms with Crippen LogP contribution >= 0.6 is 11.3 Å². The molecule has 0 saturated carbocycles. The summed E-state index contributed by atoms with van der Waals surface area (Å²) in [7, 11) is -3.62. The van der Waals surface area contributed by atoms with Crippen molar-refractivity contribution in [2.45, 2.75) is 50.3 Å². The second-order valence-electron chi connectivity index (χ2n) is 5.27. The molecule has 0 aliphatic heterocycles. The van der Waals surface area contributed by atoms with E-state index in [-0.39, 0.29) is 15.1 Å². The second kappa shape index (κ2) is 7.19. The summed E-state index contributed by atoms with van der Waals surface area (Å²) in [5.74, 6) is -0.504. The first kappa shape index (κ1) is 17.1. The van der Waals surface area contributed by atoms with Gasteiger partial charge in [0.2, 0.25) is 10.0 Å². The van der Waals surface area contributed by atoms with Crippen molar-refractivity contribution in [3.05, 3.63) is 17.0 Å². The Balaban J connectivity index is 2.62. The molecule has 0 bridgehead atoms. The molecular weight excluding hydrogens is 298 g/mol. The highest BCUT2D eigenvalue weighted by molar-refractivity contribution is 7.91. The highest BCUT2D eigenvalue weighted by atomic mass is 32.2. The molecule has 5 nitrogen and oxygen atoms in total. The standard InChI is InChI=1S/C13H21NO4S2/c1-9(2)5-4-6-10(3)14-20(17,18)12-8-7-11(19-12)13(15)16/h7-10,14H,4-6H2,1-3H3,(H,15,16). The molecule has 0 aliphatic carbocycles. The van der Waals surface area contributed by atoms with E-state index in [4.69, 9.17) is 5.11 Å². The van der Waals surface area contributed by atoms with Crippen molar-refractivity contribution in [1.29, 1.82) is 0 Å². The number of carboxylic acid groups (broad SMARTS) is 1. The maximum absolute atomic E-state index is 12.1. The van der Waals surface area contributed by atoms with Crippen molar-refractivity contribution in [2.75, 3.05) is 0 Å². The molecule has 1 aromatic heterocycles. The Kier molecular flexibility index (Phi) is 6.16. The van der Waals surface area contributed by atoms with Crippen molar-refractivity contribution in [1.82, 2.24) is 4.72 Å². The van der Waals surface area contributed by atoms with Crippen molar-refractivity contribution < 1.29 is 18.3 Å². The van der Waals surface area contributed by atoms with Crippen LogP contribution in [0, 0.1) is 5.92 Å². The molecule has 7 heteroatoms. The topological polar surface area (TPSA) is 83.5 Å². The van der Waals surface area contributed by atoms with Crippen molar-refractivity contribution in [3.8, 4) is 0 Å². The van der Waals surface area contributed by atoms with Gasteiger partial charge < -0.3 is 5.11 Å². The molecule has 0 spiro atoms. The average Bonchev–Trinajstić information content (AvgIpc) is 2.77. The molecule has 0 amide bonds. The summed E-state index contributed by atoms with van der Waals surface area (Å²) >= 11 is 0.769. The van der Waals surface area contributed by atoms with Crippen LogP contribution < -0.4 is 4.72 Å². The molecule has 1 heterocycles. The summed E-state index contributed by atoms with van der Waals surface area (Å²) in [6.45, 7) is 6.09.